The predicted octanol–water partition coefficient (Wildman–Crippen LogP) is 1.94. The van der Waals surface area contributed by atoms with Gasteiger partial charge in [-0.1, -0.05) is 17.7 Å². The van der Waals surface area contributed by atoms with E-state index in [4.69, 9.17) is 17.3 Å². The summed E-state index contributed by atoms with van der Waals surface area (Å²) in [7, 11) is 2.15. The van der Waals surface area contributed by atoms with Crippen molar-refractivity contribution < 1.29 is 0 Å². The van der Waals surface area contributed by atoms with E-state index in [0.29, 0.717) is 12.1 Å². The van der Waals surface area contributed by atoms with E-state index in [-0.39, 0.29) is 0 Å². The van der Waals surface area contributed by atoms with Crippen molar-refractivity contribution in [2.45, 2.75) is 37.8 Å². The van der Waals surface area contributed by atoms with Crippen molar-refractivity contribution in [3.63, 3.8) is 0 Å². The summed E-state index contributed by atoms with van der Waals surface area (Å²) in [6, 6.07) is 1.14. The monoisotopic (exact) mass is 202 g/mol. The third-order valence-corrected chi connectivity index (χ3v) is 3.03. The largest absolute Gasteiger partial charge is 0.328 e. The minimum Gasteiger partial charge on any atom is -0.328 e. The van der Waals surface area contributed by atoms with Gasteiger partial charge in [0.2, 0.25) is 0 Å². The highest BCUT2D eigenvalue weighted by molar-refractivity contribution is 6.25. The Balaban J connectivity index is 2.27. The minimum atomic E-state index is 0.438. The van der Waals surface area contributed by atoms with Crippen LogP contribution in [-0.4, -0.2) is 30.6 Å². The molecule has 0 aromatic rings. The second kappa shape index (κ2) is 5.63. The lowest BCUT2D eigenvalue weighted by atomic mass is 9.91. The van der Waals surface area contributed by atoms with E-state index < -0.39 is 0 Å². The smallest absolute Gasteiger partial charge is 0.0174 e. The first kappa shape index (κ1) is 11.0. The van der Waals surface area contributed by atoms with Crippen LogP contribution in [0.25, 0.3) is 0 Å². The summed E-state index contributed by atoms with van der Waals surface area (Å²) in [6.45, 7) is 0.948. The summed E-state index contributed by atoms with van der Waals surface area (Å²) in [5, 5.41) is 0. The van der Waals surface area contributed by atoms with E-state index >= 15 is 0 Å². The van der Waals surface area contributed by atoms with Gasteiger partial charge in [0.15, 0.2) is 0 Å². The molecule has 1 aliphatic carbocycles. The van der Waals surface area contributed by atoms with E-state index in [0.717, 1.165) is 6.54 Å². The van der Waals surface area contributed by atoms with E-state index in [1.165, 1.54) is 25.7 Å². The Morgan fingerprint density at radius 3 is 2.54 bits per heavy atom. The van der Waals surface area contributed by atoms with Gasteiger partial charge in [0.05, 0.1) is 0 Å². The van der Waals surface area contributed by atoms with Crippen LogP contribution in [0.2, 0.25) is 0 Å². The van der Waals surface area contributed by atoms with E-state index in [9.17, 15) is 0 Å². The number of nitrogens with zero attached hydrogens (tertiary/aromatic N) is 1. The van der Waals surface area contributed by atoms with Crippen molar-refractivity contribution >= 4 is 11.6 Å². The molecule has 0 aromatic heterocycles. The Hall–Kier alpha value is -0.0500. The molecule has 2 N–H and O–H groups in total. The summed E-state index contributed by atoms with van der Waals surface area (Å²) >= 11 is 5.48. The van der Waals surface area contributed by atoms with Crippen molar-refractivity contribution in [1.82, 2.24) is 4.90 Å². The highest BCUT2D eigenvalue weighted by Gasteiger charge is 2.20. The van der Waals surface area contributed by atoms with Crippen molar-refractivity contribution in [3.8, 4) is 0 Å². The summed E-state index contributed by atoms with van der Waals surface area (Å²) in [5.41, 5.74) is 7.43. The number of hydrogen-bond acceptors (Lipinski definition) is 2. The quantitative estimate of drug-likeness (QED) is 0.758. The van der Waals surface area contributed by atoms with Crippen LogP contribution in [0.1, 0.15) is 25.7 Å². The number of hydrogen-bond donors (Lipinski definition) is 1. The van der Waals surface area contributed by atoms with Gasteiger partial charge in [0.1, 0.15) is 0 Å². The molecule has 1 fully saturated rings. The maximum atomic E-state index is 5.84. The lowest BCUT2D eigenvalue weighted by Crippen LogP contribution is -2.38. The molecule has 0 amide bonds. The van der Waals surface area contributed by atoms with E-state index in [1.807, 2.05) is 6.08 Å². The van der Waals surface area contributed by atoms with Crippen LogP contribution in [0.5, 0.6) is 0 Å². The van der Waals surface area contributed by atoms with Crippen LogP contribution in [0, 0.1) is 0 Å². The van der Waals surface area contributed by atoms with Gasteiger partial charge in [-0.3, -0.25) is 4.90 Å². The Kier molecular flexibility index (Phi) is 4.78. The summed E-state index contributed by atoms with van der Waals surface area (Å²) < 4.78 is 0. The zero-order valence-corrected chi connectivity index (χ0v) is 9.00. The average molecular weight is 203 g/mol. The van der Waals surface area contributed by atoms with Crippen molar-refractivity contribution in [2.75, 3.05) is 13.6 Å². The maximum Gasteiger partial charge on any atom is 0.0174 e. The third-order valence-electron chi connectivity index (χ3n) is 2.85. The second-order valence-electron chi connectivity index (χ2n) is 3.87. The molecule has 0 bridgehead atoms. The van der Waals surface area contributed by atoms with Gasteiger partial charge in [-0.15, -0.1) is 0 Å². The topological polar surface area (TPSA) is 29.3 Å². The molecule has 0 aromatic carbocycles. The average Bonchev–Trinajstić information content (AvgIpc) is 2.15. The van der Waals surface area contributed by atoms with E-state index in [1.54, 1.807) is 5.54 Å². The molecular weight excluding hydrogens is 184 g/mol. The van der Waals surface area contributed by atoms with Gasteiger partial charge in [-0.2, -0.15) is 0 Å². The SMILES string of the molecule is CN(C/C=C/Cl)C1CCC(N)CC1. The lowest BCUT2D eigenvalue weighted by molar-refractivity contribution is 0.199. The number of nitrogens with two attached hydrogens (primary N) is 1. The van der Waals surface area contributed by atoms with Crippen molar-refractivity contribution in [3.05, 3.63) is 11.6 Å². The van der Waals surface area contributed by atoms with Gasteiger partial charge >= 0.3 is 0 Å². The Morgan fingerprint density at radius 2 is 2.00 bits per heavy atom. The molecule has 0 aliphatic heterocycles. The molecule has 0 spiro atoms. The zero-order valence-electron chi connectivity index (χ0n) is 8.25. The molecule has 1 rings (SSSR count). The third kappa shape index (κ3) is 3.67. The Bertz CT molecular complexity index is 162. The molecule has 13 heavy (non-hydrogen) atoms. The van der Waals surface area contributed by atoms with Crippen LogP contribution in [0.3, 0.4) is 0 Å². The van der Waals surface area contributed by atoms with Crippen LogP contribution in [0.15, 0.2) is 11.6 Å². The standard InChI is InChI=1S/C10H19ClN2/c1-13(8-2-7-11)10-5-3-9(12)4-6-10/h2,7,9-10H,3-6,8,12H2,1H3/b7-2+. The molecule has 0 atom stereocenters. The highest BCUT2D eigenvalue weighted by Crippen LogP contribution is 2.20. The van der Waals surface area contributed by atoms with Crippen LogP contribution in [-0.2, 0) is 0 Å². The maximum absolute atomic E-state index is 5.84. The molecule has 1 saturated carbocycles. The predicted molar refractivity (Wildman–Crippen MR) is 57.9 cm³/mol. The lowest BCUT2D eigenvalue weighted by Gasteiger charge is -2.32. The molecule has 0 radical (unpaired) electrons. The molecule has 0 saturated heterocycles. The van der Waals surface area contributed by atoms with Gasteiger partial charge in [0, 0.05) is 24.2 Å². The molecule has 2 nitrogen and oxygen atoms in total. The second-order valence-corrected chi connectivity index (χ2v) is 4.12. The van der Waals surface area contributed by atoms with Gasteiger partial charge in [-0.05, 0) is 32.7 Å². The zero-order chi connectivity index (χ0) is 9.68. The highest BCUT2D eigenvalue weighted by atomic mass is 35.5. The fourth-order valence-corrected chi connectivity index (χ4v) is 1.98. The van der Waals surface area contributed by atoms with Crippen molar-refractivity contribution in [1.29, 1.82) is 0 Å². The first-order valence-corrected chi connectivity index (χ1v) is 5.38. The first-order valence-electron chi connectivity index (χ1n) is 4.95. The van der Waals surface area contributed by atoms with Gasteiger partial charge in [-0.25, -0.2) is 0 Å². The minimum absolute atomic E-state index is 0.438. The van der Waals surface area contributed by atoms with Crippen LogP contribution in [0.4, 0.5) is 0 Å². The van der Waals surface area contributed by atoms with Gasteiger partial charge < -0.3 is 5.73 Å². The van der Waals surface area contributed by atoms with Crippen LogP contribution < -0.4 is 5.73 Å². The number of halogens is 1. The normalized spacial score (nSPS) is 30.2. The molecule has 0 unspecified atom stereocenters. The molecule has 3 heteroatoms. The van der Waals surface area contributed by atoms with Crippen LogP contribution >= 0.6 is 11.6 Å². The number of rotatable bonds is 3. The summed E-state index contributed by atoms with van der Waals surface area (Å²) in [6.07, 6.45) is 6.77. The molecular formula is C10H19ClN2. The van der Waals surface area contributed by atoms with Crippen molar-refractivity contribution in [2.24, 2.45) is 5.73 Å². The fraction of sp³-hybridized carbons (Fsp3) is 0.800. The summed E-state index contributed by atoms with van der Waals surface area (Å²) in [4.78, 5) is 2.35. The first-order chi connectivity index (χ1) is 6.24. The van der Waals surface area contributed by atoms with E-state index in [2.05, 4.69) is 11.9 Å². The van der Waals surface area contributed by atoms with Gasteiger partial charge in [0.25, 0.3) is 0 Å². The molecule has 0 heterocycles. The Labute approximate surface area is 85.7 Å². The fourth-order valence-electron chi connectivity index (χ4n) is 1.90. The molecule has 1 aliphatic rings. The number of likely N-dealkylation sites (N-methyl/N-ethyl adjacent to an activating group) is 1. The molecule has 76 valence electrons. The Morgan fingerprint density at radius 1 is 1.38 bits per heavy atom. The summed E-state index contributed by atoms with van der Waals surface area (Å²) in [5.74, 6) is 0.